The Kier molecular flexibility index (Phi) is 5.88. The SMILES string of the molecule is CC(=O)C1=NN(c2ccc([N+](=O)[O-])cc2)[C@@]2(C=CC(c3ccc(Cl)cc3)=NN2c2ccccc2)S1. The number of para-hydroxylation sites is 1. The van der Waals surface area contributed by atoms with E-state index < -0.39 is 9.92 Å². The van der Waals surface area contributed by atoms with Gasteiger partial charge in [-0.15, -0.1) is 0 Å². The summed E-state index contributed by atoms with van der Waals surface area (Å²) < 4.78 is 0. The Bertz CT molecular complexity index is 1390. The largest absolute Gasteiger partial charge is 0.292 e. The van der Waals surface area contributed by atoms with Gasteiger partial charge in [-0.1, -0.05) is 41.9 Å². The standard InChI is InChI=1S/C25H18ClN5O3S/c1-17(32)24-28-30(21-11-13-22(14-12-21)31(33)34)25(35-24)16-15-23(18-7-9-19(26)10-8-18)27-29(25)20-5-3-2-4-6-20/h2-16H,1H3/t25-/m0/s1. The van der Waals surface area contributed by atoms with Gasteiger partial charge in [0.25, 0.3) is 5.69 Å². The number of Topliss-reactive ketones (excluding diaryl/α,β-unsaturated/α-hetero) is 1. The van der Waals surface area contributed by atoms with Gasteiger partial charge in [0.2, 0.25) is 4.99 Å². The van der Waals surface area contributed by atoms with Crippen LogP contribution in [0.5, 0.6) is 0 Å². The quantitative estimate of drug-likeness (QED) is 0.321. The van der Waals surface area contributed by atoms with Crippen molar-refractivity contribution in [2.24, 2.45) is 10.2 Å². The molecule has 35 heavy (non-hydrogen) atoms. The van der Waals surface area contributed by atoms with Crippen molar-refractivity contribution >= 4 is 57.0 Å². The van der Waals surface area contributed by atoms with E-state index in [9.17, 15) is 14.9 Å². The number of rotatable bonds is 5. The van der Waals surface area contributed by atoms with Crippen LogP contribution in [0.4, 0.5) is 17.1 Å². The lowest BCUT2D eigenvalue weighted by Gasteiger charge is -2.43. The third-order valence-electron chi connectivity index (χ3n) is 5.46. The lowest BCUT2D eigenvalue weighted by molar-refractivity contribution is -0.384. The predicted octanol–water partition coefficient (Wildman–Crippen LogP) is 5.84. The highest BCUT2D eigenvalue weighted by atomic mass is 35.5. The molecule has 8 nitrogen and oxygen atoms in total. The van der Waals surface area contributed by atoms with Gasteiger partial charge in [-0.3, -0.25) is 14.9 Å². The molecule has 3 aromatic rings. The van der Waals surface area contributed by atoms with Crippen LogP contribution in [-0.4, -0.2) is 26.5 Å². The summed E-state index contributed by atoms with van der Waals surface area (Å²) >= 11 is 7.33. The van der Waals surface area contributed by atoms with E-state index in [1.165, 1.54) is 30.8 Å². The van der Waals surface area contributed by atoms with E-state index in [0.717, 1.165) is 11.3 Å². The number of non-ortho nitro benzene ring substituents is 1. The van der Waals surface area contributed by atoms with E-state index >= 15 is 0 Å². The van der Waals surface area contributed by atoms with E-state index in [-0.39, 0.29) is 11.5 Å². The molecular formula is C25H18ClN5O3S. The summed E-state index contributed by atoms with van der Waals surface area (Å²) in [7, 11) is 0. The third kappa shape index (κ3) is 4.20. The van der Waals surface area contributed by atoms with Crippen LogP contribution >= 0.6 is 23.4 Å². The Balaban J connectivity index is 1.65. The molecule has 0 amide bonds. The van der Waals surface area contributed by atoms with Gasteiger partial charge in [0.1, 0.15) is 0 Å². The fraction of sp³-hybridized carbons (Fsp3) is 0.0800. The zero-order valence-corrected chi connectivity index (χ0v) is 20.0. The van der Waals surface area contributed by atoms with Crippen LogP contribution in [0, 0.1) is 10.1 Å². The van der Waals surface area contributed by atoms with E-state index in [2.05, 4.69) is 5.10 Å². The summed E-state index contributed by atoms with van der Waals surface area (Å²) in [5.74, 6) is -0.187. The first-order valence-corrected chi connectivity index (χ1v) is 11.8. The second kappa shape index (κ2) is 9.01. The van der Waals surface area contributed by atoms with E-state index in [1.54, 1.807) is 29.3 Å². The third-order valence-corrected chi connectivity index (χ3v) is 7.05. The molecule has 0 aliphatic carbocycles. The molecule has 2 heterocycles. The van der Waals surface area contributed by atoms with E-state index in [0.29, 0.717) is 21.5 Å². The molecule has 0 saturated heterocycles. The zero-order valence-electron chi connectivity index (χ0n) is 18.4. The number of nitrogens with zero attached hydrogens (tertiary/aromatic N) is 5. The second-order valence-electron chi connectivity index (χ2n) is 7.78. The van der Waals surface area contributed by atoms with Crippen molar-refractivity contribution in [2.75, 3.05) is 10.0 Å². The first kappa shape index (κ1) is 22.8. The summed E-state index contributed by atoms with van der Waals surface area (Å²) in [5.41, 5.74) is 2.90. The highest BCUT2D eigenvalue weighted by molar-refractivity contribution is 8.17. The van der Waals surface area contributed by atoms with Gasteiger partial charge in [-0.2, -0.15) is 10.2 Å². The average Bonchev–Trinajstić information content (AvgIpc) is 3.25. The zero-order chi connectivity index (χ0) is 24.6. The normalized spacial score (nSPS) is 19.0. The van der Waals surface area contributed by atoms with Gasteiger partial charge < -0.3 is 0 Å². The van der Waals surface area contributed by atoms with Crippen LogP contribution < -0.4 is 10.0 Å². The molecule has 10 heteroatoms. The van der Waals surface area contributed by atoms with Crippen molar-refractivity contribution in [1.29, 1.82) is 0 Å². The van der Waals surface area contributed by atoms with E-state index in [1.807, 2.05) is 59.6 Å². The molecule has 0 unspecified atom stereocenters. The molecule has 1 atom stereocenters. The fourth-order valence-electron chi connectivity index (χ4n) is 3.76. The molecule has 0 bridgehead atoms. The van der Waals surface area contributed by atoms with Gasteiger partial charge >= 0.3 is 0 Å². The minimum absolute atomic E-state index is 0.0347. The first-order valence-electron chi connectivity index (χ1n) is 10.6. The summed E-state index contributed by atoms with van der Waals surface area (Å²) in [6.45, 7) is 1.46. The van der Waals surface area contributed by atoms with Crippen LogP contribution in [0.2, 0.25) is 5.02 Å². The molecular weight excluding hydrogens is 486 g/mol. The Morgan fingerprint density at radius 3 is 2.20 bits per heavy atom. The predicted molar refractivity (Wildman–Crippen MR) is 140 cm³/mol. The minimum Gasteiger partial charge on any atom is -0.292 e. The van der Waals surface area contributed by atoms with Gasteiger partial charge in [0.05, 0.1) is 22.0 Å². The number of hydrogen-bond donors (Lipinski definition) is 0. The van der Waals surface area contributed by atoms with Crippen molar-refractivity contribution in [3.05, 3.63) is 112 Å². The highest BCUT2D eigenvalue weighted by Gasteiger charge is 2.51. The molecule has 0 N–H and O–H groups in total. The van der Waals surface area contributed by atoms with Crippen LogP contribution in [-0.2, 0) is 4.79 Å². The maximum Gasteiger partial charge on any atom is 0.269 e. The van der Waals surface area contributed by atoms with Crippen LogP contribution in [0.1, 0.15) is 12.5 Å². The number of ketones is 1. The second-order valence-corrected chi connectivity index (χ2v) is 9.41. The summed E-state index contributed by atoms with van der Waals surface area (Å²) in [6, 6.07) is 23.0. The van der Waals surface area contributed by atoms with Gasteiger partial charge in [0, 0.05) is 29.6 Å². The van der Waals surface area contributed by atoms with Gasteiger partial charge in [0.15, 0.2) is 10.8 Å². The molecule has 0 fully saturated rings. The molecule has 3 aromatic carbocycles. The Hall–Kier alpha value is -3.95. The molecule has 2 aliphatic rings. The van der Waals surface area contributed by atoms with Gasteiger partial charge in [-0.05, 0) is 60.3 Å². The van der Waals surface area contributed by atoms with E-state index in [4.69, 9.17) is 16.7 Å². The maximum atomic E-state index is 12.4. The molecule has 174 valence electrons. The van der Waals surface area contributed by atoms with Crippen LogP contribution in [0.3, 0.4) is 0 Å². The van der Waals surface area contributed by atoms with Crippen molar-refractivity contribution in [3.63, 3.8) is 0 Å². The number of thioether (sulfide) groups is 1. The number of allylic oxidation sites excluding steroid dienone is 1. The molecule has 5 rings (SSSR count). The molecule has 0 aromatic heterocycles. The average molecular weight is 504 g/mol. The lowest BCUT2D eigenvalue weighted by atomic mass is 10.1. The summed E-state index contributed by atoms with van der Waals surface area (Å²) in [5, 5.41) is 25.2. The smallest absolute Gasteiger partial charge is 0.269 e. The number of benzene rings is 3. The molecule has 0 radical (unpaired) electrons. The fourth-order valence-corrected chi connectivity index (χ4v) is 5.04. The van der Waals surface area contributed by atoms with Crippen molar-refractivity contribution in [1.82, 2.24) is 0 Å². The topological polar surface area (TPSA) is 91.4 Å². The summed E-state index contributed by atoms with van der Waals surface area (Å²) in [6.07, 6.45) is 3.81. The number of hydrogen-bond acceptors (Lipinski definition) is 8. The number of nitro groups is 1. The number of nitro benzene ring substituents is 1. The lowest BCUT2D eigenvalue weighted by Crippen LogP contribution is -2.53. The Labute approximate surface area is 210 Å². The van der Waals surface area contributed by atoms with Crippen molar-refractivity contribution in [3.8, 4) is 0 Å². The minimum atomic E-state index is -1.05. The number of carbonyl (C=O) groups excluding carboxylic acids is 1. The molecule has 2 aliphatic heterocycles. The highest BCUT2D eigenvalue weighted by Crippen LogP contribution is 2.48. The Morgan fingerprint density at radius 2 is 1.57 bits per heavy atom. The van der Waals surface area contributed by atoms with Crippen molar-refractivity contribution < 1.29 is 9.72 Å². The number of hydrazone groups is 2. The van der Waals surface area contributed by atoms with Crippen LogP contribution in [0.25, 0.3) is 0 Å². The number of carbonyl (C=O) groups is 1. The number of anilines is 2. The summed E-state index contributed by atoms with van der Waals surface area (Å²) in [4.78, 5) is 22.1. The maximum absolute atomic E-state index is 12.4. The molecule has 0 saturated carbocycles. The number of halogens is 1. The Morgan fingerprint density at radius 1 is 0.943 bits per heavy atom. The monoisotopic (exact) mass is 503 g/mol. The molecule has 1 spiro atoms. The first-order chi connectivity index (χ1) is 16.9. The van der Waals surface area contributed by atoms with Crippen LogP contribution in [0.15, 0.2) is 101 Å². The van der Waals surface area contributed by atoms with Crippen molar-refractivity contribution in [2.45, 2.75) is 11.9 Å². The van der Waals surface area contributed by atoms with Gasteiger partial charge in [-0.25, -0.2) is 10.0 Å².